The van der Waals surface area contributed by atoms with Crippen molar-refractivity contribution >= 4 is 11.9 Å². The van der Waals surface area contributed by atoms with E-state index < -0.39 is 35.5 Å². The quantitative estimate of drug-likeness (QED) is 0.106. The van der Waals surface area contributed by atoms with E-state index in [1.54, 1.807) is 0 Å². The van der Waals surface area contributed by atoms with Crippen LogP contribution < -0.4 is 0 Å². The van der Waals surface area contributed by atoms with Gasteiger partial charge in [0.1, 0.15) is 11.9 Å². The number of esters is 1. The summed E-state index contributed by atoms with van der Waals surface area (Å²) in [5.41, 5.74) is -1.63. The topological polar surface area (TPSA) is 46.6 Å². The molecule has 38 heavy (non-hydrogen) atoms. The fraction of sp³-hybridized carbons (Fsp3) is 0.733. The van der Waals surface area contributed by atoms with Crippen molar-refractivity contribution in [1.29, 1.82) is 0 Å². The van der Waals surface area contributed by atoms with Crippen LogP contribution in [0.15, 0.2) is 18.2 Å². The van der Waals surface area contributed by atoms with Gasteiger partial charge >= 0.3 is 12.1 Å². The lowest BCUT2D eigenvalue weighted by Gasteiger charge is -2.23. The van der Waals surface area contributed by atoms with Gasteiger partial charge in [-0.1, -0.05) is 96.8 Å². The van der Waals surface area contributed by atoms with Crippen LogP contribution in [0.4, 0.5) is 17.6 Å². The number of benzene rings is 1. The number of likely N-dealkylation sites (tertiary alicyclic amines) is 1. The normalized spacial score (nSPS) is 15.7. The fourth-order valence-electron chi connectivity index (χ4n) is 5.04. The van der Waals surface area contributed by atoms with Crippen LogP contribution in [0.1, 0.15) is 132 Å². The Labute approximate surface area is 225 Å². The van der Waals surface area contributed by atoms with Gasteiger partial charge in [0.15, 0.2) is 0 Å². The van der Waals surface area contributed by atoms with Gasteiger partial charge in [0.2, 0.25) is 0 Å². The smallest absolute Gasteiger partial charge is 0.419 e. The summed E-state index contributed by atoms with van der Waals surface area (Å²) in [7, 11) is 0. The monoisotopic (exact) mass is 543 g/mol. The van der Waals surface area contributed by atoms with E-state index >= 15 is 0 Å². The van der Waals surface area contributed by atoms with Crippen molar-refractivity contribution in [3.63, 3.8) is 0 Å². The van der Waals surface area contributed by atoms with Crippen LogP contribution in [0.25, 0.3) is 0 Å². The molecule has 0 bridgehead atoms. The van der Waals surface area contributed by atoms with E-state index in [2.05, 4.69) is 6.92 Å². The third kappa shape index (κ3) is 11.3. The lowest BCUT2D eigenvalue weighted by atomic mass is 10.0. The maximum Gasteiger partial charge on any atom is 0.419 e. The Morgan fingerprint density at radius 2 is 1.39 bits per heavy atom. The average molecular weight is 544 g/mol. The number of unbranched alkanes of at least 4 members (excludes halogenated alkanes) is 14. The maximum absolute atomic E-state index is 13.9. The van der Waals surface area contributed by atoms with Crippen LogP contribution in [0.3, 0.4) is 0 Å². The summed E-state index contributed by atoms with van der Waals surface area (Å²) in [5.74, 6) is -2.67. The van der Waals surface area contributed by atoms with Crippen molar-refractivity contribution in [2.45, 2.75) is 128 Å². The van der Waals surface area contributed by atoms with Crippen molar-refractivity contribution in [2.75, 3.05) is 13.2 Å². The number of carbonyl (C=O) groups excluding carboxylic acids is 2. The first-order chi connectivity index (χ1) is 18.3. The van der Waals surface area contributed by atoms with Crippen LogP contribution in [-0.4, -0.2) is 36.0 Å². The molecule has 1 aliphatic heterocycles. The highest BCUT2D eigenvalue weighted by molar-refractivity contribution is 5.97. The molecular formula is C30H45F4NO3. The SMILES string of the molecule is CCCCCCCCCCCCCCCCCOC(=O)C1CCCN1C(=O)c1ccc(C(F)(F)F)c(F)c1. The number of hydrogen-bond acceptors (Lipinski definition) is 3. The second kappa shape index (κ2) is 17.5. The van der Waals surface area contributed by atoms with Crippen molar-refractivity contribution in [3.05, 3.63) is 35.1 Å². The van der Waals surface area contributed by atoms with Crippen LogP contribution in [0.2, 0.25) is 0 Å². The molecule has 2 rings (SSSR count). The minimum absolute atomic E-state index is 0.211. The molecule has 1 saturated heterocycles. The highest BCUT2D eigenvalue weighted by atomic mass is 19.4. The minimum Gasteiger partial charge on any atom is -0.464 e. The summed E-state index contributed by atoms with van der Waals surface area (Å²) in [6, 6.07) is 1.30. The molecule has 1 fully saturated rings. The Bertz CT molecular complexity index is 843. The summed E-state index contributed by atoms with van der Waals surface area (Å²) in [6.07, 6.45) is 14.8. The van der Waals surface area contributed by atoms with Gasteiger partial charge < -0.3 is 9.64 Å². The van der Waals surface area contributed by atoms with Crippen LogP contribution in [0, 0.1) is 5.82 Å². The summed E-state index contributed by atoms with van der Waals surface area (Å²) in [4.78, 5) is 26.6. The predicted octanol–water partition coefficient (Wildman–Crippen LogP) is 8.86. The van der Waals surface area contributed by atoms with E-state index in [-0.39, 0.29) is 18.7 Å². The molecule has 216 valence electrons. The summed E-state index contributed by atoms with van der Waals surface area (Å²) in [5, 5.41) is 0. The number of nitrogens with zero attached hydrogens (tertiary/aromatic N) is 1. The number of hydrogen-bond donors (Lipinski definition) is 0. The molecule has 1 aromatic carbocycles. The van der Waals surface area contributed by atoms with E-state index in [0.717, 1.165) is 25.3 Å². The zero-order valence-electron chi connectivity index (χ0n) is 22.9. The molecule has 0 N–H and O–H groups in total. The molecule has 1 atom stereocenters. The van der Waals surface area contributed by atoms with E-state index in [1.807, 2.05) is 0 Å². The standard InChI is InChI=1S/C30H45F4NO3/c1-2-3-4-5-6-7-8-9-10-11-12-13-14-15-16-22-38-29(37)27-18-17-21-35(27)28(36)24-19-20-25(26(31)23-24)30(32,33)34/h19-20,23,27H,2-18,21-22H2,1H3. The molecule has 1 aromatic rings. The third-order valence-corrected chi connectivity index (χ3v) is 7.30. The first kappa shape index (κ1) is 32.1. The van der Waals surface area contributed by atoms with Crippen molar-refractivity contribution in [3.8, 4) is 0 Å². The van der Waals surface area contributed by atoms with E-state index in [0.29, 0.717) is 25.0 Å². The largest absolute Gasteiger partial charge is 0.464 e. The number of alkyl halides is 3. The zero-order valence-corrected chi connectivity index (χ0v) is 22.9. The first-order valence-electron chi connectivity index (χ1n) is 14.6. The summed E-state index contributed by atoms with van der Waals surface area (Å²) < 4.78 is 57.7. The molecule has 1 heterocycles. The molecule has 1 aliphatic rings. The average Bonchev–Trinajstić information content (AvgIpc) is 3.37. The van der Waals surface area contributed by atoms with Crippen LogP contribution in [0.5, 0.6) is 0 Å². The molecule has 1 unspecified atom stereocenters. The Hall–Kier alpha value is -2.12. The van der Waals surface area contributed by atoms with Gasteiger partial charge in [-0.2, -0.15) is 13.2 Å². The van der Waals surface area contributed by atoms with Gasteiger partial charge in [0, 0.05) is 12.1 Å². The zero-order chi connectivity index (χ0) is 27.8. The van der Waals surface area contributed by atoms with Gasteiger partial charge in [-0.05, 0) is 37.5 Å². The Balaban J connectivity index is 1.56. The number of carbonyl (C=O) groups is 2. The molecule has 0 aromatic heterocycles. The van der Waals surface area contributed by atoms with Crippen molar-refractivity contribution in [1.82, 2.24) is 4.90 Å². The summed E-state index contributed by atoms with van der Waals surface area (Å²) >= 11 is 0. The highest BCUT2D eigenvalue weighted by Gasteiger charge is 2.37. The Kier molecular flexibility index (Phi) is 14.8. The van der Waals surface area contributed by atoms with Crippen molar-refractivity contribution < 1.29 is 31.9 Å². The van der Waals surface area contributed by atoms with Crippen LogP contribution >= 0.6 is 0 Å². The van der Waals surface area contributed by atoms with Crippen molar-refractivity contribution in [2.24, 2.45) is 0 Å². The first-order valence-corrected chi connectivity index (χ1v) is 14.6. The lowest BCUT2D eigenvalue weighted by Crippen LogP contribution is -2.41. The second-order valence-corrected chi connectivity index (χ2v) is 10.5. The van der Waals surface area contributed by atoms with Crippen LogP contribution in [-0.2, 0) is 15.7 Å². The molecule has 0 aliphatic carbocycles. The molecule has 1 amide bonds. The molecule has 0 radical (unpaired) electrons. The number of rotatable bonds is 18. The van der Waals surface area contributed by atoms with Gasteiger partial charge in [-0.3, -0.25) is 4.79 Å². The van der Waals surface area contributed by atoms with Gasteiger partial charge in [-0.15, -0.1) is 0 Å². The Morgan fingerprint density at radius 1 is 0.868 bits per heavy atom. The second-order valence-electron chi connectivity index (χ2n) is 10.5. The lowest BCUT2D eigenvalue weighted by molar-refractivity contribution is -0.148. The third-order valence-electron chi connectivity index (χ3n) is 7.30. The molecule has 0 spiro atoms. The van der Waals surface area contributed by atoms with E-state index in [9.17, 15) is 27.2 Å². The minimum atomic E-state index is -4.83. The highest BCUT2D eigenvalue weighted by Crippen LogP contribution is 2.32. The molecule has 4 nitrogen and oxygen atoms in total. The van der Waals surface area contributed by atoms with Gasteiger partial charge in [0.25, 0.3) is 5.91 Å². The summed E-state index contributed by atoms with van der Waals surface area (Å²) in [6.45, 7) is 2.80. The van der Waals surface area contributed by atoms with E-state index in [1.165, 1.54) is 81.9 Å². The number of halogens is 4. The number of amides is 1. The molecule has 0 saturated carbocycles. The van der Waals surface area contributed by atoms with Gasteiger partial charge in [0.05, 0.1) is 12.2 Å². The maximum atomic E-state index is 13.9. The predicted molar refractivity (Wildman–Crippen MR) is 141 cm³/mol. The Morgan fingerprint density at radius 3 is 1.89 bits per heavy atom. The number of ether oxygens (including phenoxy) is 1. The molecule has 8 heteroatoms. The molecular weight excluding hydrogens is 498 g/mol. The van der Waals surface area contributed by atoms with Gasteiger partial charge in [-0.25, -0.2) is 9.18 Å². The van der Waals surface area contributed by atoms with E-state index in [4.69, 9.17) is 4.74 Å². The fourth-order valence-corrected chi connectivity index (χ4v) is 5.04.